The van der Waals surface area contributed by atoms with Gasteiger partial charge in [0.15, 0.2) is 0 Å². The number of anilines is 2. The zero-order valence-electron chi connectivity index (χ0n) is 25.8. The summed E-state index contributed by atoms with van der Waals surface area (Å²) < 4.78 is 46.0. The molecule has 2 rings (SSSR count). The highest BCUT2D eigenvalue weighted by molar-refractivity contribution is 7.86. The van der Waals surface area contributed by atoms with Gasteiger partial charge >= 0.3 is 18.3 Å². The van der Waals surface area contributed by atoms with Crippen LogP contribution in [0.1, 0.15) is 69.2 Å². The lowest BCUT2D eigenvalue weighted by molar-refractivity contribution is 0.0378. The minimum absolute atomic E-state index is 0.0528. The lowest BCUT2D eigenvalue weighted by atomic mass is 9.92. The van der Waals surface area contributed by atoms with Crippen LogP contribution in [0.4, 0.5) is 25.8 Å². The summed E-state index contributed by atoms with van der Waals surface area (Å²) in [6.07, 6.45) is 0.173. The van der Waals surface area contributed by atoms with Gasteiger partial charge in [0.1, 0.15) is 28.6 Å². The van der Waals surface area contributed by atoms with E-state index in [1.165, 1.54) is 12.4 Å². The summed E-state index contributed by atoms with van der Waals surface area (Å²) in [6.45, 7) is 17.2. The molecule has 3 atom stereocenters. The second kappa shape index (κ2) is 12.4. The maximum atomic E-state index is 13.3. The highest BCUT2D eigenvalue weighted by Crippen LogP contribution is 2.35. The van der Waals surface area contributed by atoms with Crippen molar-refractivity contribution in [3.05, 3.63) is 18.5 Å². The highest BCUT2D eigenvalue weighted by atomic mass is 32.2. The number of rotatable bonds is 5. The molecule has 232 valence electrons. The van der Waals surface area contributed by atoms with Gasteiger partial charge in [-0.25, -0.2) is 14.4 Å². The quantitative estimate of drug-likeness (QED) is 0.376. The zero-order chi connectivity index (χ0) is 31.6. The monoisotopic (exact) mass is 600 g/mol. The Labute approximate surface area is 243 Å². The van der Waals surface area contributed by atoms with Crippen molar-refractivity contribution in [2.45, 2.75) is 98.2 Å². The fraction of sp³-hybridized carbons (Fsp3) is 0.704. The van der Waals surface area contributed by atoms with Crippen LogP contribution in [0.25, 0.3) is 0 Å². The summed E-state index contributed by atoms with van der Waals surface area (Å²) in [5.41, 5.74) is -2.15. The Morgan fingerprint density at radius 3 is 1.90 bits per heavy atom. The number of alkyl carbamates (subject to hydrolysis) is 1. The number of ether oxygens (including phenoxy) is 3. The van der Waals surface area contributed by atoms with Crippen LogP contribution >= 0.6 is 0 Å². The molecule has 0 radical (unpaired) electrons. The molecule has 3 amide bonds. The Kier molecular flexibility index (Phi) is 10.3. The number of pyridine rings is 1. The molecular formula is C27H44N4O9S. The molecule has 0 saturated carbocycles. The molecule has 3 unspecified atom stereocenters. The number of nitrogens with one attached hydrogen (secondary N) is 1. The van der Waals surface area contributed by atoms with Crippen molar-refractivity contribution in [2.24, 2.45) is 5.92 Å². The topological polar surface area (TPSA) is 154 Å². The Morgan fingerprint density at radius 1 is 0.927 bits per heavy atom. The minimum Gasteiger partial charge on any atom is -0.444 e. The van der Waals surface area contributed by atoms with Gasteiger partial charge in [0.05, 0.1) is 24.2 Å². The van der Waals surface area contributed by atoms with Crippen LogP contribution < -0.4 is 15.1 Å². The molecule has 41 heavy (non-hydrogen) atoms. The number of nitrogens with zero attached hydrogens (tertiary/aromatic N) is 3. The van der Waals surface area contributed by atoms with Crippen molar-refractivity contribution in [1.29, 1.82) is 0 Å². The number of imide groups is 1. The first-order chi connectivity index (χ1) is 18.5. The average molecular weight is 601 g/mol. The third kappa shape index (κ3) is 11.0. The number of hydrogen-bond donors (Lipinski definition) is 1. The molecule has 1 fully saturated rings. The summed E-state index contributed by atoms with van der Waals surface area (Å²) in [7, 11) is -3.87. The fourth-order valence-corrected chi connectivity index (χ4v) is 4.84. The first-order valence-electron chi connectivity index (χ1n) is 13.3. The van der Waals surface area contributed by atoms with E-state index in [2.05, 4.69) is 10.3 Å². The van der Waals surface area contributed by atoms with Gasteiger partial charge in [0, 0.05) is 25.2 Å². The second-order valence-electron chi connectivity index (χ2n) is 13.1. The largest absolute Gasteiger partial charge is 0.444 e. The Bertz CT molecular complexity index is 1190. The van der Waals surface area contributed by atoms with Crippen molar-refractivity contribution in [1.82, 2.24) is 10.3 Å². The lowest BCUT2D eigenvalue weighted by Gasteiger charge is -2.43. The van der Waals surface area contributed by atoms with Crippen LogP contribution in [0.15, 0.2) is 18.5 Å². The average Bonchev–Trinajstić information content (AvgIpc) is 2.71. The van der Waals surface area contributed by atoms with E-state index in [1.54, 1.807) is 80.2 Å². The number of carbonyl (C=O) groups excluding carboxylic acids is 3. The van der Waals surface area contributed by atoms with Gasteiger partial charge in [-0.15, -0.1) is 0 Å². The lowest BCUT2D eigenvalue weighted by Crippen LogP contribution is -2.60. The Morgan fingerprint density at radius 2 is 1.44 bits per heavy atom. The number of amides is 3. The second-order valence-corrected chi connectivity index (χ2v) is 14.7. The van der Waals surface area contributed by atoms with Crippen molar-refractivity contribution in [3.63, 3.8) is 0 Å². The predicted octanol–water partition coefficient (Wildman–Crippen LogP) is 4.45. The van der Waals surface area contributed by atoms with Crippen molar-refractivity contribution in [3.8, 4) is 0 Å². The predicted molar refractivity (Wildman–Crippen MR) is 153 cm³/mol. The maximum absolute atomic E-state index is 13.3. The maximum Gasteiger partial charge on any atom is 0.424 e. The van der Waals surface area contributed by atoms with Crippen molar-refractivity contribution >= 4 is 39.8 Å². The smallest absolute Gasteiger partial charge is 0.424 e. The van der Waals surface area contributed by atoms with E-state index < -0.39 is 63.3 Å². The number of carbonyl (C=O) groups is 3. The number of piperidine rings is 1. The van der Waals surface area contributed by atoms with Crippen LogP contribution in [0, 0.1) is 5.92 Å². The van der Waals surface area contributed by atoms with Gasteiger partial charge in [-0.3, -0.25) is 9.17 Å². The van der Waals surface area contributed by atoms with Crippen molar-refractivity contribution in [2.75, 3.05) is 29.1 Å². The molecule has 0 aliphatic carbocycles. The Balaban J connectivity index is 2.56. The molecule has 2 heterocycles. The normalized spacial score (nSPS) is 20.2. The third-order valence-electron chi connectivity index (χ3n) is 5.38. The third-order valence-corrected chi connectivity index (χ3v) is 5.95. The molecule has 14 heteroatoms. The van der Waals surface area contributed by atoms with Crippen molar-refractivity contribution < 1.29 is 41.2 Å². The fourth-order valence-electron chi connectivity index (χ4n) is 4.12. The summed E-state index contributed by atoms with van der Waals surface area (Å²) in [5.74, 6) is -0.434. The van der Waals surface area contributed by atoms with E-state index in [9.17, 15) is 22.8 Å². The minimum atomic E-state index is -3.87. The Hall–Kier alpha value is -3.13. The molecule has 0 spiro atoms. The molecule has 1 aromatic rings. The van der Waals surface area contributed by atoms with E-state index in [1.807, 2.05) is 0 Å². The van der Waals surface area contributed by atoms with E-state index in [0.29, 0.717) is 5.69 Å². The first-order valence-corrected chi connectivity index (χ1v) is 15.1. The molecule has 0 aromatic carbocycles. The molecule has 13 nitrogen and oxygen atoms in total. The van der Waals surface area contributed by atoms with Gasteiger partial charge in [-0.1, -0.05) is 6.92 Å². The van der Waals surface area contributed by atoms with E-state index in [-0.39, 0.29) is 18.8 Å². The van der Waals surface area contributed by atoms with Gasteiger partial charge in [0.25, 0.3) is 10.1 Å². The van der Waals surface area contributed by atoms with Crippen LogP contribution in [-0.4, -0.2) is 80.0 Å². The molecule has 1 aliphatic heterocycles. The first kappa shape index (κ1) is 34.1. The zero-order valence-corrected chi connectivity index (χ0v) is 26.6. The van der Waals surface area contributed by atoms with Gasteiger partial charge in [-0.2, -0.15) is 13.3 Å². The van der Waals surface area contributed by atoms with Crippen LogP contribution in [0.3, 0.4) is 0 Å². The summed E-state index contributed by atoms with van der Waals surface area (Å²) in [5, 5.41) is 2.73. The van der Waals surface area contributed by atoms with Crippen LogP contribution in [0.2, 0.25) is 0 Å². The summed E-state index contributed by atoms with van der Waals surface area (Å²) in [6, 6.07) is 0.757. The van der Waals surface area contributed by atoms with E-state index in [4.69, 9.17) is 18.4 Å². The molecule has 1 saturated heterocycles. The molecule has 1 aromatic heterocycles. The summed E-state index contributed by atoms with van der Waals surface area (Å²) >= 11 is 0. The van der Waals surface area contributed by atoms with Gasteiger partial charge in [-0.05, 0) is 68.4 Å². The van der Waals surface area contributed by atoms with E-state index in [0.717, 1.165) is 11.2 Å². The van der Waals surface area contributed by atoms with E-state index >= 15 is 0 Å². The SMILES string of the molecule is CC1CN(c2ccncc2N(C(=O)OC(C)(C)C)C(=O)OC(C)(C)C)CC(NC(=O)OC(C)(C)C)C1OS(C)(=O)=O. The molecule has 0 bridgehead atoms. The molecule has 1 N–H and O–H groups in total. The molecule has 1 aliphatic rings. The number of aromatic nitrogens is 1. The van der Waals surface area contributed by atoms with Crippen LogP contribution in [0.5, 0.6) is 0 Å². The van der Waals surface area contributed by atoms with Crippen LogP contribution in [-0.2, 0) is 28.5 Å². The number of hydrogen-bond acceptors (Lipinski definition) is 11. The van der Waals surface area contributed by atoms with Gasteiger partial charge in [0.2, 0.25) is 0 Å². The molecular weight excluding hydrogens is 556 g/mol. The standard InChI is InChI=1S/C27H44N4O9S/c1-17-15-30(16-18(21(17)40-41(11,35)36)29-22(32)37-25(2,3)4)19-12-13-28-14-20(19)31(23(33)38-26(5,6)7)24(34)39-27(8,9)10/h12-14,17-18,21H,15-16H2,1-11H3,(H,29,32). The van der Waals surface area contributed by atoms with Gasteiger partial charge < -0.3 is 24.4 Å². The highest BCUT2D eigenvalue weighted by Gasteiger charge is 2.41. The summed E-state index contributed by atoms with van der Waals surface area (Å²) in [4.78, 5) is 46.1.